The minimum Gasteiger partial charge on any atom is -0.481 e. The van der Waals surface area contributed by atoms with E-state index in [0.29, 0.717) is 27.5 Å². The number of hydrogen-bond donors (Lipinski definition) is 4. The fourth-order valence-corrected chi connectivity index (χ4v) is 3.91. The van der Waals surface area contributed by atoms with Crippen molar-refractivity contribution in [2.75, 3.05) is 4.72 Å². The molecule has 0 aliphatic carbocycles. The average Bonchev–Trinajstić information content (AvgIpc) is 3.21. The molecule has 156 valence electrons. The molecule has 4 rings (SSSR count). The quantitative estimate of drug-likeness (QED) is 0.395. The number of hydrogen-bond acceptors (Lipinski definition) is 4. The molecule has 0 unspecified atom stereocenters. The predicted molar refractivity (Wildman–Crippen MR) is 116 cm³/mol. The standard InChI is InChI=1S/C18H15N3O3S.C3H6O2/c1-11-2-4-12(5-3-11)21-25(23,24)13-6-7-16-15(10-13)14-8-9-19-17(14)18(22)20-16;1-2-3(4)5/h2-10,19,21H,1H3,(H,20,22);2H2,1H3,(H,4,5). The zero-order valence-corrected chi connectivity index (χ0v) is 17.2. The van der Waals surface area contributed by atoms with Gasteiger partial charge in [-0.05, 0) is 43.3 Å². The number of fused-ring (bicyclic) bond motifs is 3. The Bertz CT molecular complexity index is 1370. The SMILES string of the molecule is CCC(=O)O.Cc1ccc(NS(=O)(=O)c2ccc3[nH]c(=O)c4[nH]ccc4c3c2)cc1. The molecule has 0 aliphatic rings. The Morgan fingerprint density at radius 2 is 1.73 bits per heavy atom. The van der Waals surface area contributed by atoms with Crippen molar-refractivity contribution in [1.29, 1.82) is 0 Å². The summed E-state index contributed by atoms with van der Waals surface area (Å²) in [4.78, 5) is 27.1. The molecular weight excluding hydrogens is 406 g/mol. The number of carboxylic acid groups (broad SMARTS) is 1. The van der Waals surface area contributed by atoms with Gasteiger partial charge in [0.1, 0.15) is 5.52 Å². The van der Waals surface area contributed by atoms with Gasteiger partial charge in [0, 0.05) is 34.6 Å². The van der Waals surface area contributed by atoms with Gasteiger partial charge in [0.05, 0.1) is 4.90 Å². The van der Waals surface area contributed by atoms with Crippen LogP contribution in [0.3, 0.4) is 0 Å². The second kappa shape index (κ2) is 8.42. The van der Waals surface area contributed by atoms with E-state index in [1.54, 1.807) is 43.5 Å². The number of rotatable bonds is 4. The van der Waals surface area contributed by atoms with Gasteiger partial charge < -0.3 is 15.1 Å². The van der Waals surface area contributed by atoms with Crippen LogP contribution in [0.4, 0.5) is 5.69 Å². The van der Waals surface area contributed by atoms with Gasteiger partial charge in [-0.1, -0.05) is 24.6 Å². The third kappa shape index (κ3) is 4.52. The summed E-state index contributed by atoms with van der Waals surface area (Å²) in [6, 6.07) is 13.5. The first-order valence-electron chi connectivity index (χ1n) is 9.15. The molecule has 0 saturated carbocycles. The molecule has 30 heavy (non-hydrogen) atoms. The van der Waals surface area contributed by atoms with Gasteiger partial charge in [0.2, 0.25) is 0 Å². The van der Waals surface area contributed by atoms with E-state index >= 15 is 0 Å². The monoisotopic (exact) mass is 427 g/mol. The number of aryl methyl sites for hydroxylation is 1. The molecule has 0 amide bonds. The van der Waals surface area contributed by atoms with E-state index in [0.717, 1.165) is 5.56 Å². The van der Waals surface area contributed by atoms with E-state index < -0.39 is 16.0 Å². The number of pyridine rings is 1. The Balaban J connectivity index is 0.000000461. The maximum Gasteiger partial charge on any atom is 0.303 e. The van der Waals surface area contributed by atoms with Crippen molar-refractivity contribution < 1.29 is 18.3 Å². The Morgan fingerprint density at radius 3 is 2.37 bits per heavy atom. The van der Waals surface area contributed by atoms with Crippen LogP contribution in [0.25, 0.3) is 21.8 Å². The smallest absolute Gasteiger partial charge is 0.303 e. The van der Waals surface area contributed by atoms with Gasteiger partial charge in [0.25, 0.3) is 15.6 Å². The first kappa shape index (κ1) is 21.1. The van der Waals surface area contributed by atoms with E-state index in [2.05, 4.69) is 14.7 Å². The second-order valence-corrected chi connectivity index (χ2v) is 8.33. The van der Waals surface area contributed by atoms with Crippen molar-refractivity contribution in [1.82, 2.24) is 9.97 Å². The van der Waals surface area contributed by atoms with Crippen molar-refractivity contribution in [3.8, 4) is 0 Å². The molecule has 4 N–H and O–H groups in total. The predicted octanol–water partition coefficient (Wildman–Crippen LogP) is 3.60. The van der Waals surface area contributed by atoms with Crippen LogP contribution < -0.4 is 10.3 Å². The molecule has 9 heteroatoms. The Hall–Kier alpha value is -3.59. The highest BCUT2D eigenvalue weighted by Gasteiger charge is 2.16. The van der Waals surface area contributed by atoms with Crippen LogP contribution >= 0.6 is 0 Å². The molecule has 2 heterocycles. The molecule has 2 aromatic carbocycles. The van der Waals surface area contributed by atoms with Crippen molar-refractivity contribution in [3.63, 3.8) is 0 Å². The van der Waals surface area contributed by atoms with Crippen LogP contribution in [-0.4, -0.2) is 29.5 Å². The fraction of sp³-hybridized carbons (Fsp3) is 0.143. The Morgan fingerprint density at radius 1 is 1.07 bits per heavy atom. The molecule has 8 nitrogen and oxygen atoms in total. The number of anilines is 1. The van der Waals surface area contributed by atoms with Gasteiger partial charge in [-0.25, -0.2) is 8.42 Å². The van der Waals surface area contributed by atoms with Crippen LogP contribution in [0.15, 0.2) is 64.4 Å². The highest BCUT2D eigenvalue weighted by molar-refractivity contribution is 7.92. The third-order valence-electron chi connectivity index (χ3n) is 4.42. The maximum atomic E-state index is 12.7. The lowest BCUT2D eigenvalue weighted by molar-refractivity contribution is -0.136. The zero-order chi connectivity index (χ0) is 21.9. The lowest BCUT2D eigenvalue weighted by Crippen LogP contribution is -2.13. The number of aliphatic carboxylic acids is 1. The summed E-state index contributed by atoms with van der Waals surface area (Å²) in [6.07, 6.45) is 1.88. The number of aromatic nitrogens is 2. The lowest BCUT2D eigenvalue weighted by atomic mass is 10.1. The molecule has 0 spiro atoms. The first-order valence-corrected chi connectivity index (χ1v) is 10.6. The number of benzene rings is 2. The van der Waals surface area contributed by atoms with Crippen molar-refractivity contribution in [3.05, 3.63) is 70.6 Å². The van der Waals surface area contributed by atoms with Crippen LogP contribution in [-0.2, 0) is 14.8 Å². The Labute approximate surface area is 172 Å². The highest BCUT2D eigenvalue weighted by Crippen LogP contribution is 2.25. The number of sulfonamides is 1. The number of nitrogens with one attached hydrogen (secondary N) is 3. The number of carbonyl (C=O) groups is 1. The van der Waals surface area contributed by atoms with Crippen molar-refractivity contribution in [2.24, 2.45) is 0 Å². The summed E-state index contributed by atoms with van der Waals surface area (Å²) in [5, 5.41) is 9.08. The van der Waals surface area contributed by atoms with Crippen molar-refractivity contribution in [2.45, 2.75) is 25.2 Å². The maximum absolute atomic E-state index is 12.7. The van der Waals surface area contributed by atoms with E-state index in [9.17, 15) is 18.0 Å². The van der Waals surface area contributed by atoms with Gasteiger partial charge in [0.15, 0.2) is 0 Å². The normalized spacial score (nSPS) is 11.1. The molecule has 2 aromatic heterocycles. The average molecular weight is 427 g/mol. The minimum absolute atomic E-state index is 0.134. The lowest BCUT2D eigenvalue weighted by Gasteiger charge is -2.09. The molecule has 0 bridgehead atoms. The highest BCUT2D eigenvalue weighted by atomic mass is 32.2. The minimum atomic E-state index is -3.73. The Kier molecular flexibility index (Phi) is 5.93. The molecule has 0 aliphatic heterocycles. The second-order valence-electron chi connectivity index (χ2n) is 6.65. The van der Waals surface area contributed by atoms with Crippen LogP contribution in [0.1, 0.15) is 18.9 Å². The van der Waals surface area contributed by atoms with Crippen LogP contribution in [0.2, 0.25) is 0 Å². The van der Waals surface area contributed by atoms with E-state index in [1.165, 1.54) is 6.07 Å². The van der Waals surface area contributed by atoms with E-state index in [-0.39, 0.29) is 16.9 Å². The molecule has 0 radical (unpaired) electrons. The summed E-state index contributed by atoms with van der Waals surface area (Å²) in [5.41, 5.74) is 2.33. The van der Waals surface area contributed by atoms with Crippen LogP contribution in [0.5, 0.6) is 0 Å². The topological polar surface area (TPSA) is 132 Å². The fourth-order valence-electron chi connectivity index (χ4n) is 2.82. The largest absolute Gasteiger partial charge is 0.481 e. The van der Waals surface area contributed by atoms with Crippen molar-refractivity contribution >= 4 is 43.5 Å². The summed E-state index contributed by atoms with van der Waals surface area (Å²) in [5.74, 6) is -0.745. The zero-order valence-electron chi connectivity index (χ0n) is 16.4. The summed E-state index contributed by atoms with van der Waals surface area (Å²) < 4.78 is 27.9. The molecule has 4 aromatic rings. The molecule has 0 fully saturated rings. The van der Waals surface area contributed by atoms with E-state index in [1.807, 2.05) is 19.1 Å². The van der Waals surface area contributed by atoms with Gasteiger partial charge in [-0.15, -0.1) is 0 Å². The summed E-state index contributed by atoms with van der Waals surface area (Å²) >= 11 is 0. The number of H-pyrrole nitrogens is 2. The first-order chi connectivity index (χ1) is 14.2. The summed E-state index contributed by atoms with van der Waals surface area (Å²) in [6.45, 7) is 3.53. The van der Waals surface area contributed by atoms with Gasteiger partial charge >= 0.3 is 5.97 Å². The number of carboxylic acids is 1. The van der Waals surface area contributed by atoms with Gasteiger partial charge in [-0.2, -0.15) is 0 Å². The van der Waals surface area contributed by atoms with Gasteiger partial charge in [-0.3, -0.25) is 14.3 Å². The van der Waals surface area contributed by atoms with Crippen LogP contribution in [0, 0.1) is 6.92 Å². The van der Waals surface area contributed by atoms with E-state index in [4.69, 9.17) is 5.11 Å². The number of aromatic amines is 2. The molecule has 0 saturated heterocycles. The third-order valence-corrected chi connectivity index (χ3v) is 5.80. The molecule has 0 atom stereocenters. The summed E-state index contributed by atoms with van der Waals surface area (Å²) in [7, 11) is -3.73. The molecular formula is C21H21N3O5S.